The van der Waals surface area contributed by atoms with Crippen molar-refractivity contribution >= 4 is 54.8 Å². The highest BCUT2D eigenvalue weighted by atomic mass is 16.3. The van der Waals surface area contributed by atoms with E-state index in [0.29, 0.717) is 0 Å². The Morgan fingerprint density at radius 3 is 1.56 bits per heavy atom. The van der Waals surface area contributed by atoms with Gasteiger partial charge in [0.15, 0.2) is 5.58 Å². The molecular formula is C55H35N3O. The molecule has 0 aliphatic heterocycles. The second-order valence-corrected chi connectivity index (χ2v) is 15.2. The molecule has 9 aromatic carbocycles. The van der Waals surface area contributed by atoms with Crippen molar-refractivity contribution in [2.45, 2.75) is 0 Å². The highest BCUT2D eigenvalue weighted by molar-refractivity contribution is 6.14. The van der Waals surface area contributed by atoms with E-state index in [0.717, 1.165) is 77.9 Å². The number of para-hydroxylation sites is 4. The maximum atomic E-state index is 6.91. The molecule has 0 N–H and O–H groups in total. The molecule has 0 atom stereocenters. The summed E-state index contributed by atoms with van der Waals surface area (Å²) < 4.78 is 11.5. The van der Waals surface area contributed by atoms with Gasteiger partial charge in [0.05, 0.1) is 27.8 Å². The molecule has 59 heavy (non-hydrogen) atoms. The van der Waals surface area contributed by atoms with Gasteiger partial charge in [0.2, 0.25) is 0 Å². The van der Waals surface area contributed by atoms with E-state index in [1.54, 1.807) is 0 Å². The number of hydrogen-bond acceptors (Lipinski definition) is 2. The molecule has 0 aliphatic rings. The number of hydrogen-bond donors (Lipinski definition) is 0. The third-order valence-electron chi connectivity index (χ3n) is 11.7. The third-order valence-corrected chi connectivity index (χ3v) is 11.7. The summed E-state index contributed by atoms with van der Waals surface area (Å²) in [5.41, 5.74) is 16.2. The van der Waals surface area contributed by atoms with Crippen molar-refractivity contribution in [3.8, 4) is 56.1 Å². The van der Waals surface area contributed by atoms with Crippen LogP contribution in [-0.2, 0) is 0 Å². The van der Waals surface area contributed by atoms with Crippen LogP contribution in [0.2, 0.25) is 0 Å². The summed E-state index contributed by atoms with van der Waals surface area (Å²) in [6, 6.07) is 75.5. The number of nitrogens with zero attached hydrogens (tertiary/aromatic N) is 3. The Kier molecular flexibility index (Phi) is 7.50. The fourth-order valence-electron chi connectivity index (χ4n) is 8.91. The van der Waals surface area contributed by atoms with Gasteiger partial charge in [0.1, 0.15) is 11.4 Å². The number of fused-ring (bicyclic) bond motifs is 7. The van der Waals surface area contributed by atoms with Crippen LogP contribution in [0.15, 0.2) is 217 Å². The molecule has 4 heteroatoms. The van der Waals surface area contributed by atoms with E-state index in [-0.39, 0.29) is 0 Å². The second kappa shape index (κ2) is 13.3. The minimum Gasteiger partial charge on any atom is -0.454 e. The van der Waals surface area contributed by atoms with Crippen molar-refractivity contribution in [3.63, 3.8) is 0 Å². The number of imidazole rings is 1. The van der Waals surface area contributed by atoms with Crippen LogP contribution in [0, 0.1) is 0 Å². The van der Waals surface area contributed by atoms with Gasteiger partial charge >= 0.3 is 0 Å². The smallest absolute Gasteiger partial charge is 0.159 e. The summed E-state index contributed by atoms with van der Waals surface area (Å²) in [6.45, 7) is 0. The van der Waals surface area contributed by atoms with Crippen molar-refractivity contribution < 1.29 is 4.42 Å². The lowest BCUT2D eigenvalue weighted by atomic mass is 10.0. The van der Waals surface area contributed by atoms with E-state index >= 15 is 0 Å². The highest BCUT2D eigenvalue weighted by Crippen LogP contribution is 2.41. The van der Waals surface area contributed by atoms with E-state index < -0.39 is 0 Å². The molecule has 4 nitrogen and oxygen atoms in total. The molecular weight excluding hydrogens is 719 g/mol. The summed E-state index contributed by atoms with van der Waals surface area (Å²) in [7, 11) is 0. The average molecular weight is 754 g/mol. The summed E-state index contributed by atoms with van der Waals surface area (Å²) in [6.07, 6.45) is 0. The Bertz CT molecular complexity index is 3430. The van der Waals surface area contributed by atoms with Crippen molar-refractivity contribution in [2.75, 3.05) is 0 Å². The van der Waals surface area contributed by atoms with Crippen molar-refractivity contribution in [3.05, 3.63) is 212 Å². The molecule has 0 unspecified atom stereocenters. The van der Waals surface area contributed by atoms with Crippen molar-refractivity contribution in [2.24, 2.45) is 0 Å². The van der Waals surface area contributed by atoms with Crippen LogP contribution >= 0.6 is 0 Å². The largest absolute Gasteiger partial charge is 0.454 e. The maximum absolute atomic E-state index is 6.91. The lowest BCUT2D eigenvalue weighted by molar-refractivity contribution is 0.666. The van der Waals surface area contributed by atoms with Crippen molar-refractivity contribution in [1.29, 1.82) is 0 Å². The molecule has 3 heterocycles. The van der Waals surface area contributed by atoms with Crippen LogP contribution in [0.25, 0.3) is 111 Å². The van der Waals surface area contributed by atoms with E-state index in [1.165, 1.54) is 33.0 Å². The Hall–Kier alpha value is -7.95. The van der Waals surface area contributed by atoms with E-state index in [9.17, 15) is 0 Å². The monoisotopic (exact) mass is 753 g/mol. The molecule has 0 saturated heterocycles. The van der Waals surface area contributed by atoms with Crippen LogP contribution in [0.1, 0.15) is 0 Å². The minimum atomic E-state index is 0.860. The van der Waals surface area contributed by atoms with E-state index in [4.69, 9.17) is 9.40 Å². The zero-order valence-corrected chi connectivity index (χ0v) is 32.0. The molecule has 0 aliphatic carbocycles. The lowest BCUT2D eigenvalue weighted by Crippen LogP contribution is -1.97. The van der Waals surface area contributed by atoms with Crippen LogP contribution in [0.5, 0.6) is 0 Å². The summed E-state index contributed by atoms with van der Waals surface area (Å²) in [4.78, 5) is 5.08. The Morgan fingerprint density at radius 1 is 0.339 bits per heavy atom. The SMILES string of the molecule is c1ccc(-c2ccc3c(c2)c2cc(-c4ccccc4)ccc2n3-c2cccc3c2oc2cc(-c4ccc(-c5nc6ccccc6n5-c5ccccc5)cc4)ccc23)cc1. The van der Waals surface area contributed by atoms with E-state index in [2.05, 4.69) is 209 Å². The lowest BCUT2D eigenvalue weighted by Gasteiger charge is -2.10. The Morgan fingerprint density at radius 2 is 0.881 bits per heavy atom. The van der Waals surface area contributed by atoms with Crippen LogP contribution < -0.4 is 0 Å². The van der Waals surface area contributed by atoms with Gasteiger partial charge in [-0.3, -0.25) is 4.57 Å². The first kappa shape index (κ1) is 33.2. The Labute approximate surface area is 340 Å². The number of aromatic nitrogens is 3. The second-order valence-electron chi connectivity index (χ2n) is 15.2. The number of benzene rings is 9. The Balaban J connectivity index is 0.977. The molecule has 12 aromatic rings. The molecule has 3 aromatic heterocycles. The summed E-state index contributed by atoms with van der Waals surface area (Å²) in [5, 5.41) is 4.60. The maximum Gasteiger partial charge on any atom is 0.159 e. The van der Waals surface area contributed by atoms with Gasteiger partial charge in [-0.1, -0.05) is 146 Å². The predicted octanol–water partition coefficient (Wildman–Crippen LogP) is 14.7. The molecule has 0 amide bonds. The quantitative estimate of drug-likeness (QED) is 0.169. The first-order valence-corrected chi connectivity index (χ1v) is 20.0. The fourth-order valence-corrected chi connectivity index (χ4v) is 8.91. The van der Waals surface area contributed by atoms with Gasteiger partial charge in [0.25, 0.3) is 0 Å². The first-order valence-electron chi connectivity index (χ1n) is 20.0. The normalized spacial score (nSPS) is 11.7. The van der Waals surface area contributed by atoms with Crippen LogP contribution in [0.4, 0.5) is 0 Å². The molecule has 0 saturated carbocycles. The standard InChI is InChI=1S/C55H35N3O/c1-4-13-36(14-5-1)40-28-31-49-46(33-40)47-34-41(37-15-6-2-7-16-37)29-32-50(47)58(49)52-22-12-19-45-44-30-27-42(35-53(44)59-54(45)52)38-23-25-39(26-24-38)55-56-48-20-10-11-21-51(48)57(55)43-17-8-3-9-18-43/h1-35H. The van der Waals surface area contributed by atoms with Gasteiger partial charge in [0, 0.05) is 32.8 Å². The third kappa shape index (κ3) is 5.42. The molecule has 0 spiro atoms. The number of furan rings is 1. The minimum absolute atomic E-state index is 0.860. The van der Waals surface area contributed by atoms with Gasteiger partial charge in [-0.2, -0.15) is 0 Å². The van der Waals surface area contributed by atoms with E-state index in [1.807, 2.05) is 12.1 Å². The molecule has 0 fully saturated rings. The van der Waals surface area contributed by atoms with Crippen molar-refractivity contribution in [1.82, 2.24) is 14.1 Å². The van der Waals surface area contributed by atoms with Gasteiger partial charge in [-0.25, -0.2) is 4.98 Å². The topological polar surface area (TPSA) is 35.9 Å². The zero-order chi connectivity index (χ0) is 38.9. The van der Waals surface area contributed by atoms with Gasteiger partial charge in [-0.05, 0) is 100 Å². The fraction of sp³-hybridized carbons (Fsp3) is 0. The van der Waals surface area contributed by atoms with Crippen LogP contribution in [-0.4, -0.2) is 14.1 Å². The average Bonchev–Trinajstić information content (AvgIpc) is 3.99. The molecule has 276 valence electrons. The van der Waals surface area contributed by atoms with Gasteiger partial charge < -0.3 is 8.98 Å². The molecule has 0 bridgehead atoms. The summed E-state index contributed by atoms with van der Waals surface area (Å²) >= 11 is 0. The number of rotatable bonds is 6. The highest BCUT2D eigenvalue weighted by Gasteiger charge is 2.20. The van der Waals surface area contributed by atoms with Crippen LogP contribution in [0.3, 0.4) is 0 Å². The molecule has 0 radical (unpaired) electrons. The summed E-state index contributed by atoms with van der Waals surface area (Å²) in [5.74, 6) is 0.918. The first-order chi connectivity index (χ1) is 29.2. The predicted molar refractivity (Wildman–Crippen MR) is 244 cm³/mol. The zero-order valence-electron chi connectivity index (χ0n) is 32.0. The van der Waals surface area contributed by atoms with Gasteiger partial charge in [-0.15, -0.1) is 0 Å². The molecule has 12 rings (SSSR count).